The van der Waals surface area contributed by atoms with Crippen LogP contribution in [0.3, 0.4) is 0 Å². The third kappa shape index (κ3) is 5.31. The number of amides is 1. The Morgan fingerprint density at radius 3 is 2.52 bits per heavy atom. The molecule has 146 valence electrons. The quantitative estimate of drug-likeness (QED) is 0.760. The molecule has 0 aliphatic rings. The van der Waals surface area contributed by atoms with Gasteiger partial charge in [-0.2, -0.15) is 4.31 Å². The Morgan fingerprint density at radius 1 is 1.19 bits per heavy atom. The van der Waals surface area contributed by atoms with E-state index in [4.69, 9.17) is 11.6 Å². The molecule has 0 atom stereocenters. The van der Waals surface area contributed by atoms with Crippen molar-refractivity contribution in [3.8, 4) is 0 Å². The molecule has 0 aromatic heterocycles. The molecule has 0 spiro atoms. The fourth-order valence-corrected chi connectivity index (χ4v) is 4.16. The zero-order chi connectivity index (χ0) is 20.2. The van der Waals surface area contributed by atoms with Gasteiger partial charge in [0.2, 0.25) is 10.0 Å². The van der Waals surface area contributed by atoms with Crippen molar-refractivity contribution in [3.63, 3.8) is 0 Å². The number of benzene rings is 2. The number of rotatable bonds is 7. The van der Waals surface area contributed by atoms with Gasteiger partial charge in [0.25, 0.3) is 5.91 Å². The van der Waals surface area contributed by atoms with Crippen LogP contribution in [-0.2, 0) is 16.4 Å². The Balaban J connectivity index is 2.14. The van der Waals surface area contributed by atoms with Crippen LogP contribution in [-0.4, -0.2) is 38.3 Å². The molecule has 0 heterocycles. The number of hydrogen-bond donors (Lipinski definition) is 1. The summed E-state index contributed by atoms with van der Waals surface area (Å²) >= 11 is 6.13. The number of aryl methyl sites for hydroxylation is 1. The average molecular weight is 409 g/mol. The average Bonchev–Trinajstić information content (AvgIpc) is 2.61. The predicted octanol–water partition coefficient (Wildman–Crippen LogP) is 3.65. The van der Waals surface area contributed by atoms with Crippen LogP contribution in [0, 0.1) is 6.92 Å². The fourth-order valence-electron chi connectivity index (χ4n) is 2.57. The van der Waals surface area contributed by atoms with Crippen LogP contribution in [0.2, 0.25) is 5.02 Å². The van der Waals surface area contributed by atoms with E-state index in [0.29, 0.717) is 13.0 Å². The lowest BCUT2D eigenvalue weighted by Crippen LogP contribution is -2.33. The molecule has 27 heavy (non-hydrogen) atoms. The minimum atomic E-state index is -3.68. The number of carbonyl (C=O) groups excluding carboxylic acids is 1. The Labute approximate surface area is 166 Å². The summed E-state index contributed by atoms with van der Waals surface area (Å²) in [5.41, 5.74) is 2.43. The molecule has 0 bridgehead atoms. The van der Waals surface area contributed by atoms with E-state index in [1.165, 1.54) is 29.6 Å². The summed E-state index contributed by atoms with van der Waals surface area (Å²) in [5, 5.41) is 3.02. The topological polar surface area (TPSA) is 66.5 Å². The molecular weight excluding hydrogens is 384 g/mol. The molecule has 1 amide bonds. The van der Waals surface area contributed by atoms with Crippen LogP contribution in [0.5, 0.6) is 0 Å². The summed E-state index contributed by atoms with van der Waals surface area (Å²) in [6.45, 7) is 6.02. The van der Waals surface area contributed by atoms with E-state index in [9.17, 15) is 13.2 Å². The van der Waals surface area contributed by atoms with E-state index in [0.717, 1.165) is 11.1 Å². The maximum absolute atomic E-state index is 12.6. The lowest BCUT2D eigenvalue weighted by atomic mass is 10.1. The van der Waals surface area contributed by atoms with Gasteiger partial charge in [0.05, 0.1) is 15.5 Å². The summed E-state index contributed by atoms with van der Waals surface area (Å²) in [6, 6.07) is 12.0. The Bertz CT molecular complexity index is 927. The minimum Gasteiger partial charge on any atom is -0.352 e. The number of nitrogens with one attached hydrogen (secondary N) is 1. The van der Waals surface area contributed by atoms with Crippen molar-refractivity contribution < 1.29 is 13.2 Å². The SMILES string of the molecule is Cc1cccc(CCNC(=O)c2cc(S(=O)(=O)N(C)C(C)C)ccc2Cl)c1. The lowest BCUT2D eigenvalue weighted by Gasteiger charge is -2.21. The Hall–Kier alpha value is -1.89. The minimum absolute atomic E-state index is 0.0481. The molecule has 0 fully saturated rings. The first kappa shape index (κ1) is 21.4. The van der Waals surface area contributed by atoms with Crippen LogP contribution >= 0.6 is 11.6 Å². The fraction of sp³-hybridized carbons (Fsp3) is 0.350. The largest absolute Gasteiger partial charge is 0.352 e. The molecule has 5 nitrogen and oxygen atoms in total. The first-order valence-corrected chi connectivity index (χ1v) is 10.6. The molecule has 0 aliphatic heterocycles. The third-order valence-corrected chi connectivity index (χ3v) is 6.73. The maximum atomic E-state index is 12.6. The molecule has 0 aliphatic carbocycles. The number of sulfonamides is 1. The van der Waals surface area contributed by atoms with Crippen LogP contribution < -0.4 is 5.32 Å². The smallest absolute Gasteiger partial charge is 0.252 e. The molecule has 2 aromatic carbocycles. The van der Waals surface area contributed by atoms with Gasteiger partial charge in [-0.25, -0.2) is 8.42 Å². The molecule has 2 rings (SSSR count). The molecular formula is C20H25ClN2O3S. The highest BCUT2D eigenvalue weighted by Crippen LogP contribution is 2.23. The highest BCUT2D eigenvalue weighted by Gasteiger charge is 2.25. The van der Waals surface area contributed by atoms with E-state index in [1.807, 2.05) is 25.1 Å². The molecule has 0 radical (unpaired) electrons. The summed E-state index contributed by atoms with van der Waals surface area (Å²) in [5.74, 6) is -0.392. The van der Waals surface area contributed by atoms with Gasteiger partial charge in [-0.1, -0.05) is 41.4 Å². The monoisotopic (exact) mass is 408 g/mol. The first-order chi connectivity index (χ1) is 12.6. The van der Waals surface area contributed by atoms with Crippen molar-refractivity contribution in [3.05, 3.63) is 64.2 Å². The number of halogens is 1. The van der Waals surface area contributed by atoms with Gasteiger partial charge in [-0.3, -0.25) is 4.79 Å². The highest BCUT2D eigenvalue weighted by molar-refractivity contribution is 7.89. The Morgan fingerprint density at radius 2 is 1.89 bits per heavy atom. The van der Waals surface area contributed by atoms with Gasteiger partial charge in [-0.05, 0) is 51.0 Å². The standard InChI is InChI=1S/C20H25ClN2O3S/c1-14(2)23(4)27(25,26)17-8-9-19(21)18(13-17)20(24)22-11-10-16-7-5-6-15(3)12-16/h5-9,12-14H,10-11H2,1-4H3,(H,22,24). The lowest BCUT2D eigenvalue weighted by molar-refractivity contribution is 0.0954. The zero-order valence-corrected chi connectivity index (χ0v) is 17.6. The van der Waals surface area contributed by atoms with E-state index >= 15 is 0 Å². The van der Waals surface area contributed by atoms with Gasteiger partial charge in [0.1, 0.15) is 0 Å². The molecule has 1 N–H and O–H groups in total. The Kier molecular flexibility index (Phi) is 7.03. The van der Waals surface area contributed by atoms with Gasteiger partial charge >= 0.3 is 0 Å². The summed E-state index contributed by atoms with van der Waals surface area (Å²) in [4.78, 5) is 12.5. The summed E-state index contributed by atoms with van der Waals surface area (Å²) < 4.78 is 26.5. The van der Waals surface area contributed by atoms with Gasteiger partial charge in [0, 0.05) is 19.6 Å². The predicted molar refractivity (Wildman–Crippen MR) is 109 cm³/mol. The second-order valence-corrected chi connectivity index (χ2v) is 9.16. The third-order valence-electron chi connectivity index (χ3n) is 4.37. The van der Waals surface area contributed by atoms with E-state index < -0.39 is 15.9 Å². The van der Waals surface area contributed by atoms with Crippen LogP contribution in [0.4, 0.5) is 0 Å². The van der Waals surface area contributed by atoms with Crippen molar-refractivity contribution in [2.24, 2.45) is 0 Å². The van der Waals surface area contributed by atoms with Crippen molar-refractivity contribution >= 4 is 27.5 Å². The van der Waals surface area contributed by atoms with Crippen LogP contribution in [0.15, 0.2) is 47.4 Å². The molecule has 0 saturated carbocycles. The van der Waals surface area contributed by atoms with Gasteiger partial charge in [0.15, 0.2) is 0 Å². The molecule has 0 saturated heterocycles. The maximum Gasteiger partial charge on any atom is 0.252 e. The first-order valence-electron chi connectivity index (χ1n) is 8.74. The molecule has 0 unspecified atom stereocenters. The van der Waals surface area contributed by atoms with Crippen LogP contribution in [0.25, 0.3) is 0 Å². The normalized spacial score (nSPS) is 11.8. The second-order valence-electron chi connectivity index (χ2n) is 6.75. The van der Waals surface area contributed by atoms with Crippen LogP contribution in [0.1, 0.15) is 35.3 Å². The van der Waals surface area contributed by atoms with E-state index in [1.54, 1.807) is 13.8 Å². The van der Waals surface area contributed by atoms with Gasteiger partial charge in [-0.15, -0.1) is 0 Å². The highest BCUT2D eigenvalue weighted by atomic mass is 35.5. The van der Waals surface area contributed by atoms with Crippen molar-refractivity contribution in [1.82, 2.24) is 9.62 Å². The number of nitrogens with zero attached hydrogens (tertiary/aromatic N) is 1. The molecule has 2 aromatic rings. The van der Waals surface area contributed by atoms with E-state index in [-0.39, 0.29) is 21.5 Å². The zero-order valence-electron chi connectivity index (χ0n) is 16.0. The van der Waals surface area contributed by atoms with Gasteiger partial charge < -0.3 is 5.32 Å². The molecule has 7 heteroatoms. The van der Waals surface area contributed by atoms with E-state index in [2.05, 4.69) is 11.4 Å². The van der Waals surface area contributed by atoms with Crippen molar-refractivity contribution in [2.45, 2.75) is 38.1 Å². The summed E-state index contributed by atoms with van der Waals surface area (Å²) in [7, 11) is -2.17. The summed E-state index contributed by atoms with van der Waals surface area (Å²) in [6.07, 6.45) is 0.680. The number of hydrogen-bond acceptors (Lipinski definition) is 3. The number of carbonyl (C=O) groups is 1. The van der Waals surface area contributed by atoms with Crippen molar-refractivity contribution in [2.75, 3.05) is 13.6 Å². The van der Waals surface area contributed by atoms with Crippen molar-refractivity contribution in [1.29, 1.82) is 0 Å². The second kappa shape index (κ2) is 8.87.